The van der Waals surface area contributed by atoms with Crippen molar-refractivity contribution in [1.29, 1.82) is 0 Å². The molecule has 0 amide bonds. The van der Waals surface area contributed by atoms with Crippen LogP contribution in [0.4, 0.5) is 4.39 Å². The summed E-state index contributed by atoms with van der Waals surface area (Å²) < 4.78 is 36.4. The predicted molar refractivity (Wildman–Crippen MR) is 65.7 cm³/mol. The molecule has 2 aromatic rings. The number of rotatable bonds is 5. The Morgan fingerprint density at radius 1 is 1.21 bits per heavy atom. The number of nitrogens with zero attached hydrogens (tertiary/aromatic N) is 1. The van der Waals surface area contributed by atoms with Crippen molar-refractivity contribution in [3.8, 4) is 0 Å². The van der Waals surface area contributed by atoms with Crippen molar-refractivity contribution in [3.05, 3.63) is 60.2 Å². The lowest BCUT2D eigenvalue weighted by Gasteiger charge is -2.07. The average Bonchev–Trinajstić information content (AvgIpc) is 2.40. The Bertz CT molecular complexity index is 647. The number of nitrogens with one attached hydrogen (secondary N) is 1. The van der Waals surface area contributed by atoms with E-state index in [9.17, 15) is 12.8 Å². The highest BCUT2D eigenvalue weighted by Crippen LogP contribution is 2.09. The van der Waals surface area contributed by atoms with Gasteiger partial charge in [0.2, 0.25) is 0 Å². The van der Waals surface area contributed by atoms with E-state index in [1.54, 1.807) is 12.1 Å². The zero-order valence-electron chi connectivity index (χ0n) is 9.78. The van der Waals surface area contributed by atoms with Gasteiger partial charge >= 0.3 is 0 Å². The Labute approximate surface area is 110 Å². The number of hydrogen-bond acceptors (Lipinski definition) is 4. The van der Waals surface area contributed by atoms with E-state index < -0.39 is 15.8 Å². The van der Waals surface area contributed by atoms with Gasteiger partial charge in [-0.3, -0.25) is 9.82 Å². The average molecular weight is 282 g/mol. The molecule has 1 heterocycles. The summed E-state index contributed by atoms with van der Waals surface area (Å²) in [5, 5.41) is 0. The van der Waals surface area contributed by atoms with E-state index >= 15 is 0 Å². The molecular weight excluding hydrogens is 271 g/mol. The van der Waals surface area contributed by atoms with Crippen LogP contribution in [0.5, 0.6) is 0 Å². The molecule has 2 rings (SSSR count). The van der Waals surface area contributed by atoms with Gasteiger partial charge in [0.05, 0.1) is 12.8 Å². The summed E-state index contributed by atoms with van der Waals surface area (Å²) in [4.78, 5) is 9.98. The molecule has 1 aromatic heterocycles. The zero-order chi connectivity index (χ0) is 13.7. The normalized spacial score (nSPS) is 11.4. The Hall–Kier alpha value is -1.83. The third-order valence-electron chi connectivity index (χ3n) is 2.24. The largest absolute Gasteiger partial charge is 0.282 e. The highest BCUT2D eigenvalue weighted by Gasteiger charge is 2.15. The van der Waals surface area contributed by atoms with Crippen molar-refractivity contribution >= 4 is 10.0 Å². The van der Waals surface area contributed by atoms with Crippen LogP contribution in [0.3, 0.4) is 0 Å². The van der Waals surface area contributed by atoms with E-state index in [2.05, 4.69) is 4.98 Å². The SMILES string of the molecule is O=S(=O)(NOCc1ccccc1)c1cncc(F)c1. The van der Waals surface area contributed by atoms with Gasteiger partial charge in [-0.1, -0.05) is 35.2 Å². The standard InChI is InChI=1S/C12H11FN2O3S/c13-11-6-12(8-14-7-11)19(16,17)15-18-9-10-4-2-1-3-5-10/h1-8,15H,9H2. The lowest BCUT2D eigenvalue weighted by atomic mass is 10.2. The van der Waals surface area contributed by atoms with Crippen LogP contribution in [-0.2, 0) is 21.5 Å². The Morgan fingerprint density at radius 3 is 2.63 bits per heavy atom. The molecule has 1 N–H and O–H groups in total. The maximum atomic E-state index is 12.9. The summed E-state index contributed by atoms with van der Waals surface area (Å²) in [6.45, 7) is 0.0722. The predicted octanol–water partition coefficient (Wildman–Crippen LogP) is 1.63. The first kappa shape index (κ1) is 13.6. The van der Waals surface area contributed by atoms with Crippen LogP contribution < -0.4 is 4.89 Å². The van der Waals surface area contributed by atoms with E-state index in [0.29, 0.717) is 0 Å². The first-order valence-electron chi connectivity index (χ1n) is 5.36. The molecule has 0 aliphatic heterocycles. The molecule has 1 aromatic carbocycles. The summed E-state index contributed by atoms with van der Waals surface area (Å²) in [5.74, 6) is -0.731. The molecule has 0 saturated heterocycles. The van der Waals surface area contributed by atoms with Crippen molar-refractivity contribution in [3.63, 3.8) is 0 Å². The smallest absolute Gasteiger partial charge is 0.264 e. The van der Waals surface area contributed by atoms with Crippen LogP contribution in [0, 0.1) is 5.82 Å². The second-order valence-corrected chi connectivity index (χ2v) is 5.34. The van der Waals surface area contributed by atoms with Crippen LogP contribution >= 0.6 is 0 Å². The number of halogens is 1. The van der Waals surface area contributed by atoms with Gasteiger partial charge in [0.15, 0.2) is 0 Å². The van der Waals surface area contributed by atoms with E-state index in [-0.39, 0.29) is 11.5 Å². The first-order valence-corrected chi connectivity index (χ1v) is 6.84. The quantitative estimate of drug-likeness (QED) is 0.846. The lowest BCUT2D eigenvalue weighted by molar-refractivity contribution is 0.0795. The van der Waals surface area contributed by atoms with Crippen molar-refractivity contribution < 1.29 is 17.6 Å². The minimum absolute atomic E-state index is 0.0722. The van der Waals surface area contributed by atoms with Gasteiger partial charge in [-0.15, -0.1) is 0 Å². The second-order valence-electron chi connectivity index (χ2n) is 3.70. The van der Waals surface area contributed by atoms with E-state index in [0.717, 1.165) is 24.0 Å². The summed E-state index contributed by atoms with van der Waals surface area (Å²) in [6.07, 6.45) is 1.96. The highest BCUT2D eigenvalue weighted by molar-refractivity contribution is 7.89. The fraction of sp³-hybridized carbons (Fsp3) is 0.0833. The molecule has 100 valence electrons. The summed E-state index contributed by atoms with van der Waals surface area (Å²) >= 11 is 0. The molecule has 0 spiro atoms. The van der Waals surface area contributed by atoms with Gasteiger partial charge in [0, 0.05) is 6.20 Å². The summed E-state index contributed by atoms with van der Waals surface area (Å²) in [7, 11) is -3.93. The number of hydrogen-bond donors (Lipinski definition) is 1. The third-order valence-corrected chi connectivity index (χ3v) is 3.42. The van der Waals surface area contributed by atoms with Crippen molar-refractivity contribution in [2.75, 3.05) is 0 Å². The van der Waals surface area contributed by atoms with Crippen molar-refractivity contribution in [2.45, 2.75) is 11.5 Å². The van der Waals surface area contributed by atoms with Crippen LogP contribution in [0.1, 0.15) is 5.56 Å². The monoisotopic (exact) mass is 282 g/mol. The van der Waals surface area contributed by atoms with Gasteiger partial charge in [-0.2, -0.15) is 0 Å². The second kappa shape index (κ2) is 5.87. The molecule has 0 bridgehead atoms. The molecule has 0 unspecified atom stereocenters. The molecule has 0 atom stereocenters. The maximum Gasteiger partial charge on any atom is 0.264 e. The Kier molecular flexibility index (Phi) is 4.20. The fourth-order valence-electron chi connectivity index (χ4n) is 1.35. The van der Waals surface area contributed by atoms with Gasteiger partial charge in [-0.25, -0.2) is 12.8 Å². The van der Waals surface area contributed by atoms with E-state index in [1.807, 2.05) is 23.1 Å². The molecule has 0 aliphatic rings. The number of pyridine rings is 1. The topological polar surface area (TPSA) is 68.3 Å². The number of aromatic nitrogens is 1. The minimum Gasteiger partial charge on any atom is -0.282 e. The molecule has 0 aliphatic carbocycles. The van der Waals surface area contributed by atoms with Crippen molar-refractivity contribution in [2.24, 2.45) is 0 Å². The van der Waals surface area contributed by atoms with Crippen LogP contribution in [0.25, 0.3) is 0 Å². The van der Waals surface area contributed by atoms with Crippen LogP contribution in [0.2, 0.25) is 0 Å². The maximum absolute atomic E-state index is 12.9. The number of benzene rings is 1. The van der Waals surface area contributed by atoms with E-state index in [1.165, 1.54) is 0 Å². The molecule has 0 saturated carbocycles. The summed E-state index contributed by atoms with van der Waals surface area (Å²) in [6, 6.07) is 9.90. The van der Waals surface area contributed by atoms with E-state index in [4.69, 9.17) is 4.84 Å². The van der Waals surface area contributed by atoms with Gasteiger partial charge in [0.1, 0.15) is 10.7 Å². The molecule has 7 heteroatoms. The number of sulfonamides is 1. The lowest BCUT2D eigenvalue weighted by Crippen LogP contribution is -2.24. The zero-order valence-corrected chi connectivity index (χ0v) is 10.6. The third kappa shape index (κ3) is 3.82. The fourth-order valence-corrected chi connectivity index (χ4v) is 2.13. The van der Waals surface area contributed by atoms with Crippen LogP contribution in [0.15, 0.2) is 53.7 Å². The van der Waals surface area contributed by atoms with Gasteiger partial charge < -0.3 is 0 Å². The molecule has 5 nitrogen and oxygen atoms in total. The molecular formula is C12H11FN2O3S. The van der Waals surface area contributed by atoms with Gasteiger partial charge in [0.25, 0.3) is 10.0 Å². The molecule has 0 radical (unpaired) electrons. The first-order chi connectivity index (χ1) is 9.08. The van der Waals surface area contributed by atoms with Crippen LogP contribution in [-0.4, -0.2) is 13.4 Å². The minimum atomic E-state index is -3.93. The summed E-state index contributed by atoms with van der Waals surface area (Å²) in [5.41, 5.74) is 0.808. The van der Waals surface area contributed by atoms with Gasteiger partial charge in [-0.05, 0) is 11.6 Å². The Morgan fingerprint density at radius 2 is 1.95 bits per heavy atom. The highest BCUT2D eigenvalue weighted by atomic mass is 32.2. The van der Waals surface area contributed by atoms with Crippen molar-refractivity contribution in [1.82, 2.24) is 9.87 Å². The molecule has 0 fully saturated rings. The Balaban J connectivity index is 1.99. The molecule has 19 heavy (non-hydrogen) atoms.